The minimum Gasteiger partial charge on any atom is -0.504 e. The van der Waals surface area contributed by atoms with E-state index in [0.29, 0.717) is 29.6 Å². The first-order valence-corrected chi connectivity index (χ1v) is 9.46. The summed E-state index contributed by atoms with van der Waals surface area (Å²) in [6.45, 7) is 4.22. The van der Waals surface area contributed by atoms with Gasteiger partial charge in [0.05, 0.1) is 18.5 Å². The van der Waals surface area contributed by atoms with E-state index in [-0.39, 0.29) is 17.6 Å². The number of nitrogens with zero attached hydrogens (tertiary/aromatic N) is 2. The van der Waals surface area contributed by atoms with Crippen LogP contribution in [-0.2, 0) is 4.79 Å². The van der Waals surface area contributed by atoms with Gasteiger partial charge in [-0.1, -0.05) is 23.7 Å². The molecule has 1 aromatic heterocycles. The highest BCUT2D eigenvalue weighted by atomic mass is 35.5. The summed E-state index contributed by atoms with van der Waals surface area (Å²) in [5.74, 6) is 0.848. The molecule has 1 amide bonds. The van der Waals surface area contributed by atoms with Crippen molar-refractivity contribution in [3.63, 3.8) is 0 Å². The summed E-state index contributed by atoms with van der Waals surface area (Å²) in [6, 6.07) is 10.8. The molecule has 0 fully saturated rings. The van der Waals surface area contributed by atoms with Gasteiger partial charge in [0.15, 0.2) is 11.5 Å². The molecule has 1 aliphatic rings. The molecule has 0 aliphatic carbocycles. The molecule has 0 spiro atoms. The number of fused-ring (bicyclic) bond motifs is 1. The topological polar surface area (TPSA) is 76.4 Å². The molecule has 0 saturated heterocycles. The highest BCUT2D eigenvalue weighted by Crippen LogP contribution is 2.41. The first-order chi connectivity index (χ1) is 13.5. The Morgan fingerprint density at radius 2 is 2.18 bits per heavy atom. The Balaban J connectivity index is 1.81. The molecule has 1 atom stereocenters. The van der Waals surface area contributed by atoms with Crippen LogP contribution in [0.2, 0.25) is 5.02 Å². The molecule has 1 aliphatic heterocycles. The van der Waals surface area contributed by atoms with Crippen molar-refractivity contribution in [1.29, 1.82) is 0 Å². The molecular weight excluding hydrogens is 378 g/mol. The number of carbonyl (C=O) groups is 1. The Bertz CT molecular complexity index is 1060. The van der Waals surface area contributed by atoms with Gasteiger partial charge in [0, 0.05) is 22.9 Å². The van der Waals surface area contributed by atoms with Crippen molar-refractivity contribution in [1.82, 2.24) is 9.78 Å². The summed E-state index contributed by atoms with van der Waals surface area (Å²) in [5.41, 5.74) is 3.50. The van der Waals surface area contributed by atoms with E-state index in [0.717, 1.165) is 22.4 Å². The van der Waals surface area contributed by atoms with Gasteiger partial charge in [0.25, 0.3) is 0 Å². The number of phenols is 1. The molecule has 0 bridgehead atoms. The van der Waals surface area contributed by atoms with Crippen LogP contribution in [0.15, 0.2) is 42.6 Å². The smallest absolute Gasteiger partial charge is 0.226 e. The maximum absolute atomic E-state index is 12.5. The summed E-state index contributed by atoms with van der Waals surface area (Å²) in [4.78, 5) is 12.5. The minimum absolute atomic E-state index is 0.0799. The molecule has 2 aromatic carbocycles. The number of ether oxygens (including phenoxy) is 1. The lowest BCUT2D eigenvalue weighted by atomic mass is 9.87. The monoisotopic (exact) mass is 397 g/mol. The summed E-state index contributed by atoms with van der Waals surface area (Å²) in [5, 5.41) is 18.1. The van der Waals surface area contributed by atoms with Gasteiger partial charge in [-0.3, -0.25) is 4.79 Å². The molecule has 4 rings (SSSR count). The third-order valence-corrected chi connectivity index (χ3v) is 5.38. The Labute approximate surface area is 167 Å². The fraction of sp³-hybridized carbons (Fsp3) is 0.238. The van der Waals surface area contributed by atoms with Crippen LogP contribution in [-0.4, -0.2) is 27.4 Å². The summed E-state index contributed by atoms with van der Waals surface area (Å²) in [6.07, 6.45) is 2.07. The normalized spacial score (nSPS) is 15.8. The van der Waals surface area contributed by atoms with E-state index >= 15 is 0 Å². The average Bonchev–Trinajstić information content (AvgIpc) is 3.09. The third kappa shape index (κ3) is 3.10. The molecule has 7 heteroatoms. The number of nitrogens with one attached hydrogen (secondary N) is 1. The van der Waals surface area contributed by atoms with Gasteiger partial charge in [-0.2, -0.15) is 5.10 Å². The largest absolute Gasteiger partial charge is 0.504 e. The predicted octanol–water partition coefficient (Wildman–Crippen LogP) is 4.41. The van der Waals surface area contributed by atoms with Crippen molar-refractivity contribution in [2.24, 2.45) is 0 Å². The first-order valence-electron chi connectivity index (χ1n) is 9.08. The molecule has 0 radical (unpaired) electrons. The second-order valence-corrected chi connectivity index (χ2v) is 7.12. The molecule has 3 aromatic rings. The number of anilines is 1. The van der Waals surface area contributed by atoms with Crippen molar-refractivity contribution >= 4 is 23.3 Å². The molecule has 6 nitrogen and oxygen atoms in total. The van der Waals surface area contributed by atoms with Crippen LogP contribution in [0.5, 0.6) is 11.5 Å². The fourth-order valence-corrected chi connectivity index (χ4v) is 3.71. The number of aromatic nitrogens is 2. The number of halogens is 1. The lowest BCUT2D eigenvalue weighted by molar-refractivity contribution is -0.116. The quantitative estimate of drug-likeness (QED) is 0.683. The van der Waals surface area contributed by atoms with Crippen molar-refractivity contribution < 1.29 is 14.6 Å². The van der Waals surface area contributed by atoms with E-state index in [9.17, 15) is 9.90 Å². The van der Waals surface area contributed by atoms with Crippen LogP contribution < -0.4 is 10.1 Å². The Morgan fingerprint density at radius 1 is 1.36 bits per heavy atom. The van der Waals surface area contributed by atoms with Crippen LogP contribution in [0.4, 0.5) is 5.82 Å². The molecular formula is C21H20ClN3O3. The highest BCUT2D eigenvalue weighted by Gasteiger charge is 2.31. The number of phenolic OH excluding ortho intramolecular Hbond substituents is 1. The third-order valence-electron chi connectivity index (χ3n) is 4.97. The van der Waals surface area contributed by atoms with E-state index in [2.05, 4.69) is 10.4 Å². The molecule has 0 saturated carbocycles. The maximum atomic E-state index is 12.5. The van der Waals surface area contributed by atoms with Crippen molar-refractivity contribution in [2.75, 3.05) is 11.9 Å². The number of hydrogen-bond acceptors (Lipinski definition) is 4. The van der Waals surface area contributed by atoms with E-state index in [1.54, 1.807) is 23.0 Å². The molecule has 2 heterocycles. The second kappa shape index (κ2) is 7.20. The van der Waals surface area contributed by atoms with Crippen molar-refractivity contribution in [3.05, 3.63) is 64.3 Å². The maximum Gasteiger partial charge on any atom is 0.226 e. The number of rotatable bonds is 4. The molecule has 28 heavy (non-hydrogen) atoms. The lowest BCUT2D eigenvalue weighted by Gasteiger charge is -2.24. The van der Waals surface area contributed by atoms with E-state index in [1.165, 1.54) is 0 Å². The number of aromatic hydroxyl groups is 1. The lowest BCUT2D eigenvalue weighted by Crippen LogP contribution is -2.24. The fourth-order valence-electron chi connectivity index (χ4n) is 3.54. The van der Waals surface area contributed by atoms with Crippen LogP contribution >= 0.6 is 11.6 Å². The van der Waals surface area contributed by atoms with Gasteiger partial charge in [0.2, 0.25) is 5.91 Å². The van der Waals surface area contributed by atoms with Crippen LogP contribution in [0.3, 0.4) is 0 Å². The Kier molecular flexibility index (Phi) is 4.73. The number of amides is 1. The van der Waals surface area contributed by atoms with Crippen LogP contribution in [0, 0.1) is 6.92 Å². The standard InChI is InChI=1S/C21H20ClN3O3/c1-3-28-19-9-13(7-8-18(19)26)14-10-20(27)24-21-15(14)11-23-25(21)17-6-4-5-16(22)12(17)2/h4-9,11,14,26H,3,10H2,1-2H3,(H,24,27)/t14-/m1/s1. The molecule has 2 N–H and O–H groups in total. The van der Waals surface area contributed by atoms with Gasteiger partial charge < -0.3 is 15.2 Å². The van der Waals surface area contributed by atoms with Crippen molar-refractivity contribution in [3.8, 4) is 17.2 Å². The zero-order valence-corrected chi connectivity index (χ0v) is 16.3. The summed E-state index contributed by atoms with van der Waals surface area (Å²) in [7, 11) is 0. The van der Waals surface area contributed by atoms with Gasteiger partial charge in [-0.15, -0.1) is 0 Å². The molecule has 0 unspecified atom stereocenters. The number of benzene rings is 2. The van der Waals surface area contributed by atoms with Crippen molar-refractivity contribution in [2.45, 2.75) is 26.2 Å². The zero-order chi connectivity index (χ0) is 19.8. The first kappa shape index (κ1) is 18.4. The van der Waals surface area contributed by atoms with E-state index in [4.69, 9.17) is 16.3 Å². The second-order valence-electron chi connectivity index (χ2n) is 6.71. The van der Waals surface area contributed by atoms with Gasteiger partial charge in [-0.05, 0) is 49.2 Å². The van der Waals surface area contributed by atoms with Crippen LogP contribution in [0.25, 0.3) is 5.69 Å². The number of carbonyl (C=O) groups excluding carboxylic acids is 1. The zero-order valence-electron chi connectivity index (χ0n) is 15.6. The van der Waals surface area contributed by atoms with E-state index in [1.807, 2.05) is 38.1 Å². The molecule has 144 valence electrons. The van der Waals surface area contributed by atoms with Gasteiger partial charge >= 0.3 is 0 Å². The van der Waals surface area contributed by atoms with Crippen LogP contribution in [0.1, 0.15) is 36.0 Å². The average molecular weight is 398 g/mol. The highest BCUT2D eigenvalue weighted by molar-refractivity contribution is 6.31. The summed E-state index contributed by atoms with van der Waals surface area (Å²) >= 11 is 6.26. The Hall–Kier alpha value is -2.99. The summed E-state index contributed by atoms with van der Waals surface area (Å²) < 4.78 is 7.21. The Morgan fingerprint density at radius 3 is 2.96 bits per heavy atom. The SMILES string of the molecule is CCOc1cc([C@H]2CC(=O)Nc3c2cnn3-c2cccc(Cl)c2C)ccc1O. The predicted molar refractivity (Wildman–Crippen MR) is 108 cm³/mol. The van der Waals surface area contributed by atoms with Gasteiger partial charge in [0.1, 0.15) is 5.82 Å². The number of hydrogen-bond donors (Lipinski definition) is 2. The van der Waals surface area contributed by atoms with E-state index < -0.39 is 0 Å². The van der Waals surface area contributed by atoms with Gasteiger partial charge in [-0.25, -0.2) is 4.68 Å². The minimum atomic E-state index is -0.184.